The average Bonchev–Trinajstić information content (AvgIpc) is 3.42. The molecule has 4 rings (SSSR count). The number of ether oxygens (including phenoxy) is 3. The Bertz CT molecular complexity index is 1470. The van der Waals surface area contributed by atoms with Gasteiger partial charge in [-0.3, -0.25) is 14.4 Å². The van der Waals surface area contributed by atoms with Gasteiger partial charge < -0.3 is 29.3 Å². The van der Waals surface area contributed by atoms with Crippen molar-refractivity contribution in [2.75, 3.05) is 32.3 Å². The third-order valence-electron chi connectivity index (χ3n) is 7.03. The van der Waals surface area contributed by atoms with Crippen molar-refractivity contribution < 1.29 is 38.8 Å². The summed E-state index contributed by atoms with van der Waals surface area (Å²) in [7, 11) is 3.04. The van der Waals surface area contributed by atoms with Crippen LogP contribution in [-0.4, -0.2) is 61.3 Å². The summed E-state index contributed by atoms with van der Waals surface area (Å²) in [6.45, 7) is 3.67. The molecule has 0 unspecified atom stereocenters. The molecule has 0 spiro atoms. The molecule has 0 radical (unpaired) electrons. The molecule has 0 fully saturated rings. The Labute approximate surface area is 253 Å². The largest absolute Gasteiger partial charge is 0.493 e. The number of anilines is 1. The number of aliphatic carboxylic acids is 1. The van der Waals surface area contributed by atoms with Crippen LogP contribution >= 0.6 is 22.9 Å². The van der Waals surface area contributed by atoms with Gasteiger partial charge in [0.1, 0.15) is 12.2 Å². The minimum Gasteiger partial charge on any atom is -0.493 e. The van der Waals surface area contributed by atoms with Crippen LogP contribution in [0.1, 0.15) is 58.5 Å². The number of amides is 1. The van der Waals surface area contributed by atoms with Gasteiger partial charge in [0.05, 0.1) is 25.5 Å². The molecular formula is C31H34ClNO8S. The zero-order chi connectivity index (χ0) is 30.6. The Hall–Kier alpha value is -3.44. The number of carbonyl (C=O) groups is 3. The van der Waals surface area contributed by atoms with Crippen LogP contribution in [-0.2, 0) is 20.7 Å². The fourth-order valence-corrected chi connectivity index (χ4v) is 6.00. The van der Waals surface area contributed by atoms with Crippen molar-refractivity contribution in [3.05, 3.63) is 74.4 Å². The summed E-state index contributed by atoms with van der Waals surface area (Å²) in [5.41, 5.74) is 1.06. The lowest BCUT2D eigenvalue weighted by molar-refractivity contribution is -0.137. The predicted molar refractivity (Wildman–Crippen MR) is 160 cm³/mol. The highest BCUT2D eigenvalue weighted by Gasteiger charge is 2.41. The van der Waals surface area contributed by atoms with Gasteiger partial charge in [0.2, 0.25) is 0 Å². The summed E-state index contributed by atoms with van der Waals surface area (Å²) in [6.07, 6.45) is -2.04. The molecule has 1 aliphatic heterocycles. The molecule has 0 bridgehead atoms. The van der Waals surface area contributed by atoms with Crippen LogP contribution in [0.5, 0.6) is 11.5 Å². The monoisotopic (exact) mass is 615 g/mol. The average molecular weight is 616 g/mol. The number of halogens is 1. The Kier molecular flexibility index (Phi) is 9.93. The van der Waals surface area contributed by atoms with Gasteiger partial charge in [0.25, 0.3) is 5.91 Å². The van der Waals surface area contributed by atoms with Gasteiger partial charge >= 0.3 is 5.97 Å². The first-order valence-corrected chi connectivity index (χ1v) is 14.6. The number of carboxylic acids is 1. The Balaban J connectivity index is 1.80. The number of aliphatic hydroxyl groups excluding tert-OH is 1. The van der Waals surface area contributed by atoms with Crippen molar-refractivity contribution in [2.24, 2.45) is 5.41 Å². The van der Waals surface area contributed by atoms with Gasteiger partial charge in [-0.2, -0.15) is 0 Å². The van der Waals surface area contributed by atoms with E-state index in [1.165, 1.54) is 25.6 Å². The van der Waals surface area contributed by atoms with Crippen LogP contribution in [0.3, 0.4) is 0 Å². The summed E-state index contributed by atoms with van der Waals surface area (Å²) in [6, 6.07) is 13.9. The van der Waals surface area contributed by atoms with Crippen LogP contribution in [0.4, 0.5) is 5.69 Å². The van der Waals surface area contributed by atoms with E-state index in [0.29, 0.717) is 44.6 Å². The molecule has 3 aromatic rings. The van der Waals surface area contributed by atoms with Crippen LogP contribution < -0.4 is 14.4 Å². The van der Waals surface area contributed by atoms with Gasteiger partial charge in [0, 0.05) is 51.7 Å². The molecule has 11 heteroatoms. The molecule has 2 aromatic carbocycles. The molecule has 1 aromatic heterocycles. The summed E-state index contributed by atoms with van der Waals surface area (Å²) >= 11 is 7.67. The number of methoxy groups -OCH3 is 2. The van der Waals surface area contributed by atoms with E-state index in [9.17, 15) is 19.5 Å². The Morgan fingerprint density at radius 1 is 1.10 bits per heavy atom. The maximum absolute atomic E-state index is 14.2. The highest BCUT2D eigenvalue weighted by Crippen LogP contribution is 2.45. The number of ketones is 1. The second-order valence-corrected chi connectivity index (χ2v) is 12.4. The number of hydrogen-bond acceptors (Lipinski definition) is 8. The zero-order valence-electron chi connectivity index (χ0n) is 23.9. The number of rotatable bonds is 12. The fraction of sp³-hybridized carbons (Fsp3) is 0.387. The summed E-state index contributed by atoms with van der Waals surface area (Å²) in [4.78, 5) is 41.4. The number of Topliss-reactive ketones (excluding diaryl/α,β-unsaturated/α-hetero) is 1. The molecule has 42 heavy (non-hydrogen) atoms. The second-order valence-electron chi connectivity index (χ2n) is 10.8. The molecule has 2 N–H and O–H groups in total. The van der Waals surface area contributed by atoms with Crippen molar-refractivity contribution in [1.82, 2.24) is 0 Å². The topological polar surface area (TPSA) is 123 Å². The summed E-state index contributed by atoms with van der Waals surface area (Å²) in [5.74, 6) is -0.768. The van der Waals surface area contributed by atoms with E-state index in [2.05, 4.69) is 0 Å². The number of aryl methyl sites for hydroxylation is 1. The number of aliphatic hydroxyl groups is 1. The SMILES string of the molecule is COc1cccc([C@H]2O[C@H](CC(=O)c3ccc(CCC(=O)O)s3)C(=O)N(CC(C)(C)CO)c3ccc(Cl)cc32)c1OC. The lowest BCUT2D eigenvalue weighted by atomic mass is 9.92. The molecule has 0 aliphatic carbocycles. The van der Waals surface area contributed by atoms with E-state index in [1.54, 1.807) is 53.4 Å². The lowest BCUT2D eigenvalue weighted by Crippen LogP contribution is -2.45. The minimum absolute atomic E-state index is 0.0428. The third kappa shape index (κ3) is 6.95. The molecular weight excluding hydrogens is 582 g/mol. The van der Waals surface area contributed by atoms with Crippen molar-refractivity contribution >= 4 is 46.3 Å². The number of thiophene rings is 1. The third-order valence-corrected chi connectivity index (χ3v) is 8.45. The normalized spacial score (nSPS) is 17.0. The maximum Gasteiger partial charge on any atom is 0.303 e. The highest BCUT2D eigenvalue weighted by molar-refractivity contribution is 7.14. The zero-order valence-corrected chi connectivity index (χ0v) is 25.5. The van der Waals surface area contributed by atoms with Gasteiger partial charge in [-0.25, -0.2) is 0 Å². The fourth-order valence-electron chi connectivity index (χ4n) is 4.87. The van der Waals surface area contributed by atoms with E-state index >= 15 is 0 Å². The minimum atomic E-state index is -1.19. The van der Waals surface area contributed by atoms with Crippen molar-refractivity contribution in [2.45, 2.75) is 45.3 Å². The number of benzene rings is 2. The number of carbonyl (C=O) groups excluding carboxylic acids is 2. The van der Waals surface area contributed by atoms with E-state index in [4.69, 9.17) is 30.9 Å². The first-order valence-electron chi connectivity index (χ1n) is 13.4. The molecule has 9 nitrogen and oxygen atoms in total. The maximum atomic E-state index is 14.2. The molecule has 224 valence electrons. The summed E-state index contributed by atoms with van der Waals surface area (Å²) in [5, 5.41) is 19.5. The first kappa shape index (κ1) is 31.5. The molecule has 1 aliphatic rings. The lowest BCUT2D eigenvalue weighted by Gasteiger charge is -2.32. The van der Waals surface area contributed by atoms with E-state index in [-0.39, 0.29) is 31.8 Å². The summed E-state index contributed by atoms with van der Waals surface area (Å²) < 4.78 is 17.8. The molecule has 2 heterocycles. The smallest absolute Gasteiger partial charge is 0.303 e. The van der Waals surface area contributed by atoms with Crippen molar-refractivity contribution in [1.29, 1.82) is 0 Å². The standard InChI is InChI=1S/C31H34ClNO8S/c1-31(2,17-34)16-33-22-11-8-18(32)14-21(22)28(20-6-5-7-24(39-3)29(20)40-4)41-25(30(33)38)15-23(35)26-12-9-19(42-26)10-13-27(36)37/h5-9,11-12,14,25,28,34H,10,13,15-17H2,1-4H3,(H,36,37)/t25-,28-/m1/s1. The van der Waals surface area contributed by atoms with Crippen LogP contribution in [0.25, 0.3) is 0 Å². The number of hydrogen-bond donors (Lipinski definition) is 2. The van der Waals surface area contributed by atoms with Crippen LogP contribution in [0.2, 0.25) is 5.02 Å². The number of para-hydroxylation sites is 1. The van der Waals surface area contributed by atoms with Crippen molar-refractivity contribution in [3.63, 3.8) is 0 Å². The van der Waals surface area contributed by atoms with Crippen LogP contribution in [0.15, 0.2) is 48.5 Å². The van der Waals surface area contributed by atoms with Gasteiger partial charge in [0.15, 0.2) is 17.3 Å². The highest BCUT2D eigenvalue weighted by atomic mass is 35.5. The second kappa shape index (κ2) is 13.2. The molecule has 0 saturated heterocycles. The molecule has 0 saturated carbocycles. The quantitative estimate of drug-likeness (QED) is 0.254. The Morgan fingerprint density at radius 3 is 2.52 bits per heavy atom. The number of carboxylic acid groups (broad SMARTS) is 1. The number of fused-ring (bicyclic) bond motifs is 1. The Morgan fingerprint density at radius 2 is 1.86 bits per heavy atom. The van der Waals surface area contributed by atoms with E-state index < -0.39 is 29.5 Å². The van der Waals surface area contributed by atoms with Gasteiger partial charge in [-0.1, -0.05) is 37.6 Å². The molecule has 1 amide bonds. The number of nitrogens with zero attached hydrogens (tertiary/aromatic N) is 1. The van der Waals surface area contributed by atoms with Gasteiger partial charge in [-0.05, 0) is 42.8 Å². The van der Waals surface area contributed by atoms with E-state index in [1.807, 2.05) is 13.8 Å². The van der Waals surface area contributed by atoms with E-state index in [0.717, 1.165) is 4.88 Å². The van der Waals surface area contributed by atoms with Crippen LogP contribution in [0, 0.1) is 5.41 Å². The predicted octanol–water partition coefficient (Wildman–Crippen LogP) is 5.55. The first-order chi connectivity index (χ1) is 20.0. The van der Waals surface area contributed by atoms with Gasteiger partial charge in [-0.15, -0.1) is 11.3 Å². The molecule has 2 atom stereocenters. The van der Waals surface area contributed by atoms with Crippen molar-refractivity contribution in [3.8, 4) is 11.5 Å².